The summed E-state index contributed by atoms with van der Waals surface area (Å²) in [7, 11) is 2.09. The molecule has 0 radical (unpaired) electrons. The number of nitrogens with zero attached hydrogens (tertiary/aromatic N) is 3. The second-order valence-corrected chi connectivity index (χ2v) is 6.36. The van der Waals surface area contributed by atoms with Crippen molar-refractivity contribution in [3.05, 3.63) is 52.9 Å². The molecule has 2 aromatic rings. The van der Waals surface area contributed by atoms with E-state index in [1.165, 1.54) is 22.5 Å². The van der Waals surface area contributed by atoms with E-state index in [2.05, 4.69) is 34.2 Å². The molecule has 0 aromatic carbocycles. The molecule has 5 nitrogen and oxygen atoms in total. The summed E-state index contributed by atoms with van der Waals surface area (Å²) >= 11 is 0. The summed E-state index contributed by atoms with van der Waals surface area (Å²) in [4.78, 5) is 15.3. The van der Waals surface area contributed by atoms with Crippen molar-refractivity contribution in [1.82, 2.24) is 14.1 Å². The van der Waals surface area contributed by atoms with Gasteiger partial charge in [0.2, 0.25) is 0 Å². The number of carbonyl (C=O) groups is 1. The minimum atomic E-state index is -0.802. The summed E-state index contributed by atoms with van der Waals surface area (Å²) < 4.78 is 4.34. The van der Waals surface area contributed by atoms with Crippen molar-refractivity contribution in [3.8, 4) is 0 Å². The number of aliphatic carboxylic acids is 1. The Bertz CT molecular complexity index is 853. The van der Waals surface area contributed by atoms with Gasteiger partial charge in [-0.2, -0.15) is 0 Å². The molecule has 0 aliphatic heterocycles. The lowest BCUT2D eigenvalue weighted by Crippen LogP contribution is -2.09. The fraction of sp³-hybridized carbons (Fsp3) is 0.333. The zero-order chi connectivity index (χ0) is 16.1. The Morgan fingerprint density at radius 2 is 2.26 bits per heavy atom. The first kappa shape index (κ1) is 14.1. The molecule has 2 aromatic heterocycles. The number of rotatable bonds is 4. The van der Waals surface area contributed by atoms with Crippen LogP contribution in [0.3, 0.4) is 0 Å². The van der Waals surface area contributed by atoms with Crippen LogP contribution in [0.25, 0.3) is 11.6 Å². The smallest absolute Gasteiger partial charge is 0.331 e. The predicted molar refractivity (Wildman–Crippen MR) is 87.8 cm³/mol. The van der Waals surface area contributed by atoms with E-state index < -0.39 is 5.97 Å². The lowest BCUT2D eigenvalue weighted by atomic mass is 9.95. The Morgan fingerprint density at radius 1 is 1.43 bits per heavy atom. The first-order valence-electron chi connectivity index (χ1n) is 7.86. The molecule has 4 rings (SSSR count). The van der Waals surface area contributed by atoms with Gasteiger partial charge in [0.25, 0.3) is 0 Å². The summed E-state index contributed by atoms with van der Waals surface area (Å²) in [6.45, 7) is 3.02. The van der Waals surface area contributed by atoms with Crippen LogP contribution < -0.4 is 0 Å². The zero-order valence-corrected chi connectivity index (χ0v) is 13.3. The SMILES string of the molecule is Cc1c2c(n(C)c1C1=CC1Cn1ccnc1)CCC(C(=O)O)=C2. The van der Waals surface area contributed by atoms with Crippen molar-refractivity contribution in [1.29, 1.82) is 0 Å². The van der Waals surface area contributed by atoms with E-state index in [9.17, 15) is 9.90 Å². The largest absolute Gasteiger partial charge is 0.478 e. The molecule has 0 fully saturated rings. The molecule has 1 unspecified atom stereocenters. The van der Waals surface area contributed by atoms with E-state index >= 15 is 0 Å². The van der Waals surface area contributed by atoms with Gasteiger partial charge in [0.15, 0.2) is 0 Å². The number of hydrogen-bond donors (Lipinski definition) is 1. The maximum absolute atomic E-state index is 11.2. The van der Waals surface area contributed by atoms with Gasteiger partial charge in [-0.25, -0.2) is 9.78 Å². The monoisotopic (exact) mass is 309 g/mol. The molecule has 5 heteroatoms. The fourth-order valence-electron chi connectivity index (χ4n) is 3.68. The van der Waals surface area contributed by atoms with Crippen LogP contribution in [-0.4, -0.2) is 25.2 Å². The molecule has 0 saturated carbocycles. The highest BCUT2D eigenvalue weighted by molar-refractivity contribution is 5.94. The molecule has 0 bridgehead atoms. The molecule has 0 amide bonds. The van der Waals surface area contributed by atoms with Crippen molar-refractivity contribution in [2.24, 2.45) is 13.0 Å². The average Bonchev–Trinajstić information content (AvgIpc) is 2.97. The molecule has 2 heterocycles. The van der Waals surface area contributed by atoms with Gasteiger partial charge in [0.05, 0.1) is 6.33 Å². The van der Waals surface area contributed by atoms with E-state index in [0.717, 1.165) is 18.5 Å². The van der Waals surface area contributed by atoms with Crippen LogP contribution in [-0.2, 0) is 24.8 Å². The van der Waals surface area contributed by atoms with E-state index in [-0.39, 0.29) is 0 Å². The highest BCUT2D eigenvalue weighted by Crippen LogP contribution is 2.44. The first-order chi connectivity index (χ1) is 11.1. The van der Waals surface area contributed by atoms with Gasteiger partial charge in [-0.3, -0.25) is 0 Å². The van der Waals surface area contributed by atoms with Crippen molar-refractivity contribution in [2.45, 2.75) is 26.3 Å². The van der Waals surface area contributed by atoms with Crippen LogP contribution >= 0.6 is 0 Å². The van der Waals surface area contributed by atoms with Gasteiger partial charge < -0.3 is 14.2 Å². The number of aromatic nitrogens is 3. The standard InChI is InChI=1S/C18H19N3O2/c1-11-14-7-12(18(22)23)3-4-16(14)20(2)17(11)15-8-13(15)9-21-6-5-19-10-21/h5-8,10,13H,3-4,9H2,1-2H3,(H,22,23). The van der Waals surface area contributed by atoms with Crippen LogP contribution in [0.2, 0.25) is 0 Å². The molecule has 1 atom stereocenters. The molecule has 0 spiro atoms. The molecule has 1 N–H and O–H groups in total. The first-order valence-corrected chi connectivity index (χ1v) is 7.86. The maximum atomic E-state index is 11.2. The normalized spacial score (nSPS) is 19.1. The topological polar surface area (TPSA) is 60.0 Å². The summed E-state index contributed by atoms with van der Waals surface area (Å²) in [6, 6.07) is 0. The van der Waals surface area contributed by atoms with Gasteiger partial charge in [0.1, 0.15) is 0 Å². The Hall–Kier alpha value is -2.56. The molecular formula is C18H19N3O2. The quantitative estimate of drug-likeness (QED) is 0.944. The lowest BCUT2D eigenvalue weighted by Gasteiger charge is -2.13. The van der Waals surface area contributed by atoms with Crippen LogP contribution in [0.15, 0.2) is 30.4 Å². The number of imidazole rings is 1. The van der Waals surface area contributed by atoms with Gasteiger partial charge >= 0.3 is 5.97 Å². The summed E-state index contributed by atoms with van der Waals surface area (Å²) in [5, 5.41) is 9.24. The van der Waals surface area contributed by atoms with Crippen LogP contribution in [0, 0.1) is 12.8 Å². The van der Waals surface area contributed by atoms with Gasteiger partial charge in [0, 0.05) is 48.9 Å². The number of carboxylic acid groups (broad SMARTS) is 1. The van der Waals surface area contributed by atoms with Crippen molar-refractivity contribution in [3.63, 3.8) is 0 Å². The molecule has 2 aliphatic carbocycles. The third kappa shape index (κ3) is 2.23. The molecule has 23 heavy (non-hydrogen) atoms. The number of fused-ring (bicyclic) bond motifs is 1. The van der Waals surface area contributed by atoms with Gasteiger partial charge in [-0.1, -0.05) is 6.08 Å². The number of hydrogen-bond acceptors (Lipinski definition) is 2. The minimum absolute atomic E-state index is 0.445. The number of carboxylic acids is 1. The predicted octanol–water partition coefficient (Wildman–Crippen LogP) is 2.66. The van der Waals surface area contributed by atoms with E-state index in [1.807, 2.05) is 18.6 Å². The fourth-order valence-corrected chi connectivity index (χ4v) is 3.68. The highest BCUT2D eigenvalue weighted by atomic mass is 16.4. The molecular weight excluding hydrogens is 290 g/mol. The maximum Gasteiger partial charge on any atom is 0.331 e. The second kappa shape index (κ2) is 4.98. The highest BCUT2D eigenvalue weighted by Gasteiger charge is 2.32. The van der Waals surface area contributed by atoms with E-state index in [0.29, 0.717) is 17.9 Å². The second-order valence-electron chi connectivity index (χ2n) is 6.36. The average molecular weight is 309 g/mol. The third-order valence-electron chi connectivity index (χ3n) is 4.95. The summed E-state index contributed by atoms with van der Waals surface area (Å²) in [5.74, 6) is -0.357. The van der Waals surface area contributed by atoms with Crippen molar-refractivity contribution < 1.29 is 9.90 Å². The minimum Gasteiger partial charge on any atom is -0.478 e. The van der Waals surface area contributed by atoms with Crippen LogP contribution in [0.1, 0.15) is 28.9 Å². The van der Waals surface area contributed by atoms with Crippen molar-refractivity contribution in [2.75, 3.05) is 0 Å². The van der Waals surface area contributed by atoms with Crippen LogP contribution in [0.4, 0.5) is 0 Å². The Balaban J connectivity index is 1.65. The van der Waals surface area contributed by atoms with E-state index in [1.54, 1.807) is 6.20 Å². The molecule has 2 aliphatic rings. The molecule has 0 saturated heterocycles. The molecule has 118 valence electrons. The van der Waals surface area contributed by atoms with Gasteiger partial charge in [-0.15, -0.1) is 0 Å². The zero-order valence-electron chi connectivity index (χ0n) is 13.3. The number of allylic oxidation sites excluding steroid dienone is 2. The summed E-state index contributed by atoms with van der Waals surface area (Å²) in [5.41, 5.74) is 6.66. The van der Waals surface area contributed by atoms with Crippen molar-refractivity contribution >= 4 is 17.6 Å². The Labute approximate surface area is 134 Å². The Morgan fingerprint density at radius 3 is 2.96 bits per heavy atom. The van der Waals surface area contributed by atoms with Crippen LogP contribution in [0.5, 0.6) is 0 Å². The van der Waals surface area contributed by atoms with Gasteiger partial charge in [-0.05, 0) is 42.5 Å². The van der Waals surface area contributed by atoms with E-state index in [4.69, 9.17) is 0 Å². The third-order valence-corrected chi connectivity index (χ3v) is 4.95. The lowest BCUT2D eigenvalue weighted by molar-refractivity contribution is -0.132. The Kier molecular flexibility index (Phi) is 3.04. The summed E-state index contributed by atoms with van der Waals surface area (Å²) in [6.07, 6.45) is 11.2.